The van der Waals surface area contributed by atoms with Crippen molar-refractivity contribution in [2.24, 2.45) is 17.1 Å². The summed E-state index contributed by atoms with van der Waals surface area (Å²) in [6, 6.07) is 0. The van der Waals surface area contributed by atoms with Crippen LogP contribution in [-0.2, 0) is 9.59 Å². The molecule has 0 aromatic carbocycles. The molecule has 5 nitrogen and oxygen atoms in total. The van der Waals surface area contributed by atoms with Crippen molar-refractivity contribution in [3.8, 4) is 0 Å². The summed E-state index contributed by atoms with van der Waals surface area (Å²) in [5, 5.41) is 2.66. The minimum Gasteiger partial charge on any atom is -0.359 e. The van der Waals surface area contributed by atoms with Crippen molar-refractivity contribution < 1.29 is 9.59 Å². The van der Waals surface area contributed by atoms with Gasteiger partial charge in [-0.2, -0.15) is 0 Å². The van der Waals surface area contributed by atoms with Gasteiger partial charge in [0.25, 0.3) is 0 Å². The van der Waals surface area contributed by atoms with Gasteiger partial charge in [-0.05, 0) is 31.6 Å². The van der Waals surface area contributed by atoms with Gasteiger partial charge in [0.1, 0.15) is 0 Å². The number of piperidine rings is 1. The van der Waals surface area contributed by atoms with Crippen LogP contribution in [0.2, 0.25) is 0 Å². The Morgan fingerprint density at radius 3 is 2.14 bits per heavy atom. The number of nitrogens with zero attached hydrogens (tertiary/aromatic N) is 1. The average molecular weight is 320 g/mol. The first-order chi connectivity index (χ1) is 9.52. The van der Waals surface area contributed by atoms with Crippen molar-refractivity contribution in [3.63, 3.8) is 0 Å². The van der Waals surface area contributed by atoms with Gasteiger partial charge in [0.05, 0.1) is 5.41 Å². The Hall–Kier alpha value is -0.810. The second kappa shape index (κ2) is 9.26. The molecule has 1 fully saturated rings. The Kier molecular flexibility index (Phi) is 8.90. The first kappa shape index (κ1) is 20.2. The maximum Gasteiger partial charge on any atom is 0.230 e. The minimum atomic E-state index is -0.395. The Balaban J connectivity index is 0.00000400. The number of amides is 2. The monoisotopic (exact) mass is 319 g/mol. The van der Waals surface area contributed by atoms with Crippen LogP contribution in [0.1, 0.15) is 46.0 Å². The van der Waals surface area contributed by atoms with Gasteiger partial charge in [-0.3, -0.25) is 9.59 Å². The van der Waals surface area contributed by atoms with E-state index >= 15 is 0 Å². The summed E-state index contributed by atoms with van der Waals surface area (Å²) in [5.41, 5.74) is 5.45. The molecule has 0 unspecified atom stereocenters. The van der Waals surface area contributed by atoms with Gasteiger partial charge in [0, 0.05) is 33.1 Å². The van der Waals surface area contributed by atoms with Gasteiger partial charge >= 0.3 is 0 Å². The highest BCUT2D eigenvalue weighted by Crippen LogP contribution is 2.30. The third kappa shape index (κ3) is 4.85. The lowest BCUT2D eigenvalue weighted by molar-refractivity contribution is -0.143. The highest BCUT2D eigenvalue weighted by Gasteiger charge is 2.38. The summed E-state index contributed by atoms with van der Waals surface area (Å²) < 4.78 is 0. The molecule has 0 atom stereocenters. The lowest BCUT2D eigenvalue weighted by Crippen LogP contribution is -2.50. The molecule has 3 N–H and O–H groups in total. The lowest BCUT2D eigenvalue weighted by Gasteiger charge is -2.39. The average Bonchev–Trinajstić information content (AvgIpc) is 2.50. The molecular formula is C15H30ClN3O2. The molecule has 0 radical (unpaired) electrons. The molecule has 0 aliphatic carbocycles. The Bertz CT molecular complexity index is 330. The summed E-state index contributed by atoms with van der Waals surface area (Å²) in [6.45, 7) is 5.99. The van der Waals surface area contributed by atoms with Crippen molar-refractivity contribution in [2.45, 2.75) is 46.0 Å². The number of halogens is 1. The summed E-state index contributed by atoms with van der Waals surface area (Å²) in [4.78, 5) is 26.0. The largest absolute Gasteiger partial charge is 0.359 e. The summed E-state index contributed by atoms with van der Waals surface area (Å²) in [6.07, 6.45) is 3.97. The highest BCUT2D eigenvalue weighted by molar-refractivity contribution is 5.85. The molecule has 1 saturated heterocycles. The van der Waals surface area contributed by atoms with E-state index in [1.807, 2.05) is 18.7 Å². The van der Waals surface area contributed by atoms with Crippen LogP contribution in [0.15, 0.2) is 0 Å². The van der Waals surface area contributed by atoms with E-state index in [9.17, 15) is 9.59 Å². The first-order valence-corrected chi connectivity index (χ1v) is 7.73. The minimum absolute atomic E-state index is 0. The topological polar surface area (TPSA) is 75.4 Å². The molecule has 0 saturated carbocycles. The smallest absolute Gasteiger partial charge is 0.230 e. The second-order valence-electron chi connectivity index (χ2n) is 5.80. The normalized spacial score (nSPS) is 16.3. The van der Waals surface area contributed by atoms with E-state index in [-0.39, 0.29) is 24.2 Å². The molecule has 0 bridgehead atoms. The zero-order chi connectivity index (χ0) is 15.2. The van der Waals surface area contributed by atoms with Crippen LogP contribution < -0.4 is 11.1 Å². The lowest BCUT2D eigenvalue weighted by atomic mass is 9.80. The van der Waals surface area contributed by atoms with Gasteiger partial charge in [0.15, 0.2) is 0 Å². The van der Waals surface area contributed by atoms with Crippen molar-refractivity contribution >= 4 is 24.2 Å². The fourth-order valence-corrected chi connectivity index (χ4v) is 2.97. The first-order valence-electron chi connectivity index (χ1n) is 7.73. The quantitative estimate of drug-likeness (QED) is 0.780. The van der Waals surface area contributed by atoms with Crippen molar-refractivity contribution in [1.29, 1.82) is 0 Å². The number of hydrogen-bond acceptors (Lipinski definition) is 3. The Morgan fingerprint density at radius 2 is 1.76 bits per heavy atom. The molecule has 1 aliphatic heterocycles. The van der Waals surface area contributed by atoms with E-state index in [1.165, 1.54) is 0 Å². The van der Waals surface area contributed by atoms with E-state index < -0.39 is 5.41 Å². The molecule has 6 heteroatoms. The summed E-state index contributed by atoms with van der Waals surface area (Å²) in [7, 11) is 1.67. The second-order valence-corrected chi connectivity index (χ2v) is 5.80. The predicted octanol–water partition coefficient (Wildman–Crippen LogP) is 1.55. The van der Waals surface area contributed by atoms with Crippen molar-refractivity contribution in [2.75, 3.05) is 26.7 Å². The SMILES string of the molecule is CCC(CC)(CN)C(=O)N1CCC(CC(=O)NC)CC1.Cl. The van der Waals surface area contributed by atoms with Gasteiger partial charge < -0.3 is 16.0 Å². The molecule has 21 heavy (non-hydrogen) atoms. The van der Waals surface area contributed by atoms with Crippen LogP contribution in [0.5, 0.6) is 0 Å². The molecule has 2 amide bonds. The number of carbonyl (C=O) groups excluding carboxylic acids is 2. The molecule has 0 aromatic rings. The number of hydrogen-bond donors (Lipinski definition) is 2. The van der Waals surface area contributed by atoms with Crippen LogP contribution in [0.4, 0.5) is 0 Å². The van der Waals surface area contributed by atoms with Crippen LogP contribution >= 0.6 is 12.4 Å². The van der Waals surface area contributed by atoms with Crippen molar-refractivity contribution in [1.82, 2.24) is 10.2 Å². The van der Waals surface area contributed by atoms with E-state index in [0.29, 0.717) is 18.9 Å². The Labute approximate surface area is 134 Å². The number of nitrogens with one attached hydrogen (secondary N) is 1. The Morgan fingerprint density at radius 1 is 1.24 bits per heavy atom. The van der Waals surface area contributed by atoms with Crippen LogP contribution in [-0.4, -0.2) is 43.4 Å². The van der Waals surface area contributed by atoms with E-state index in [0.717, 1.165) is 38.8 Å². The summed E-state index contributed by atoms with van der Waals surface area (Å²) >= 11 is 0. The van der Waals surface area contributed by atoms with E-state index in [2.05, 4.69) is 5.32 Å². The van der Waals surface area contributed by atoms with Crippen LogP contribution in [0, 0.1) is 11.3 Å². The van der Waals surface area contributed by atoms with Gasteiger partial charge in [-0.15, -0.1) is 12.4 Å². The predicted molar refractivity (Wildman–Crippen MR) is 87.3 cm³/mol. The maximum absolute atomic E-state index is 12.7. The number of nitrogens with two attached hydrogens (primary N) is 1. The van der Waals surface area contributed by atoms with Crippen LogP contribution in [0.25, 0.3) is 0 Å². The molecule has 0 aromatic heterocycles. The van der Waals surface area contributed by atoms with E-state index in [4.69, 9.17) is 5.73 Å². The fourth-order valence-electron chi connectivity index (χ4n) is 2.97. The fraction of sp³-hybridized carbons (Fsp3) is 0.867. The van der Waals surface area contributed by atoms with Crippen LogP contribution in [0.3, 0.4) is 0 Å². The zero-order valence-corrected chi connectivity index (χ0v) is 14.3. The molecule has 0 spiro atoms. The van der Waals surface area contributed by atoms with Gasteiger partial charge in [0.2, 0.25) is 11.8 Å². The number of carbonyl (C=O) groups is 2. The zero-order valence-electron chi connectivity index (χ0n) is 13.5. The molecule has 1 heterocycles. The van der Waals surface area contributed by atoms with Gasteiger partial charge in [-0.25, -0.2) is 0 Å². The third-order valence-electron chi connectivity index (χ3n) is 4.85. The molecule has 124 valence electrons. The number of likely N-dealkylation sites (tertiary alicyclic amines) is 1. The summed E-state index contributed by atoms with van der Waals surface area (Å²) in [5.74, 6) is 0.686. The number of rotatable bonds is 6. The molecular weight excluding hydrogens is 290 g/mol. The molecule has 1 aliphatic rings. The van der Waals surface area contributed by atoms with Gasteiger partial charge in [-0.1, -0.05) is 13.8 Å². The third-order valence-corrected chi connectivity index (χ3v) is 4.85. The van der Waals surface area contributed by atoms with Crippen molar-refractivity contribution in [3.05, 3.63) is 0 Å². The molecule has 1 rings (SSSR count). The maximum atomic E-state index is 12.7. The standard InChI is InChI=1S/C15H29N3O2.ClH/c1-4-15(5-2,11-16)14(20)18-8-6-12(7-9-18)10-13(19)17-3;/h12H,4-11,16H2,1-3H3,(H,17,19);1H. The van der Waals surface area contributed by atoms with E-state index in [1.54, 1.807) is 7.05 Å². The highest BCUT2D eigenvalue weighted by atomic mass is 35.5.